The van der Waals surface area contributed by atoms with Crippen LogP contribution in [0, 0.1) is 0 Å². The SMILES string of the molecule is C[C@@H]1CN(c2ccc(O)cc2)C(c2ccc(Cl)cc2)CN1Cc1ccccc1. The monoisotopic (exact) mass is 392 g/mol. The Morgan fingerprint density at radius 3 is 2.25 bits per heavy atom. The number of hydrogen-bond acceptors (Lipinski definition) is 3. The molecule has 1 aliphatic heterocycles. The maximum Gasteiger partial charge on any atom is 0.115 e. The number of benzene rings is 3. The molecule has 0 saturated carbocycles. The summed E-state index contributed by atoms with van der Waals surface area (Å²) >= 11 is 6.13. The van der Waals surface area contributed by atoms with E-state index in [0.717, 1.165) is 30.3 Å². The third-order valence-electron chi connectivity index (χ3n) is 5.53. The van der Waals surface area contributed by atoms with Crippen LogP contribution in [0.25, 0.3) is 0 Å². The molecule has 0 amide bonds. The van der Waals surface area contributed by atoms with Gasteiger partial charge in [-0.2, -0.15) is 0 Å². The van der Waals surface area contributed by atoms with Crippen LogP contribution in [-0.4, -0.2) is 29.1 Å². The van der Waals surface area contributed by atoms with Crippen molar-refractivity contribution < 1.29 is 5.11 Å². The molecule has 0 aliphatic carbocycles. The van der Waals surface area contributed by atoms with E-state index in [9.17, 15) is 5.11 Å². The molecule has 1 heterocycles. The van der Waals surface area contributed by atoms with Gasteiger partial charge in [-0.1, -0.05) is 54.1 Å². The number of aromatic hydroxyl groups is 1. The van der Waals surface area contributed by atoms with E-state index in [1.165, 1.54) is 11.1 Å². The standard InChI is InChI=1S/C24H25ClN2O/c1-18-15-27(22-11-13-23(28)14-12-22)24(20-7-9-21(25)10-8-20)17-26(18)16-19-5-3-2-4-6-19/h2-14,18,24,28H,15-17H2,1H3/t18-,24?/m1/s1. The molecule has 0 radical (unpaired) electrons. The zero-order chi connectivity index (χ0) is 19.5. The zero-order valence-corrected chi connectivity index (χ0v) is 16.8. The number of halogens is 1. The van der Waals surface area contributed by atoms with Gasteiger partial charge in [-0.05, 0) is 54.4 Å². The predicted octanol–water partition coefficient (Wildman–Crippen LogP) is 5.50. The Labute approximate surface area is 171 Å². The predicted molar refractivity (Wildman–Crippen MR) is 116 cm³/mol. The van der Waals surface area contributed by atoms with Crippen molar-refractivity contribution in [3.05, 3.63) is 95.0 Å². The summed E-state index contributed by atoms with van der Waals surface area (Å²) in [7, 11) is 0. The van der Waals surface area contributed by atoms with Gasteiger partial charge in [0, 0.05) is 36.4 Å². The zero-order valence-electron chi connectivity index (χ0n) is 16.0. The summed E-state index contributed by atoms with van der Waals surface area (Å²) in [6.45, 7) is 5.08. The van der Waals surface area contributed by atoms with Crippen LogP contribution >= 0.6 is 11.6 Å². The van der Waals surface area contributed by atoms with Gasteiger partial charge in [0.1, 0.15) is 5.75 Å². The molecular formula is C24H25ClN2O. The maximum absolute atomic E-state index is 9.69. The van der Waals surface area contributed by atoms with Crippen LogP contribution in [0.2, 0.25) is 5.02 Å². The first-order chi connectivity index (χ1) is 13.6. The Morgan fingerprint density at radius 1 is 0.893 bits per heavy atom. The normalized spacial score (nSPS) is 20.3. The fourth-order valence-electron chi connectivity index (χ4n) is 3.97. The second-order valence-electron chi connectivity index (χ2n) is 7.50. The van der Waals surface area contributed by atoms with Crippen molar-refractivity contribution >= 4 is 17.3 Å². The molecule has 1 fully saturated rings. The van der Waals surface area contributed by atoms with Crippen molar-refractivity contribution in [2.75, 3.05) is 18.0 Å². The van der Waals surface area contributed by atoms with Gasteiger partial charge in [0.2, 0.25) is 0 Å². The molecule has 144 valence electrons. The summed E-state index contributed by atoms with van der Waals surface area (Å²) in [6, 6.07) is 27.0. The number of rotatable bonds is 4. The molecule has 3 aromatic rings. The molecular weight excluding hydrogens is 368 g/mol. The summed E-state index contributed by atoms with van der Waals surface area (Å²) in [4.78, 5) is 4.99. The first-order valence-corrected chi connectivity index (χ1v) is 10.1. The van der Waals surface area contributed by atoms with Gasteiger partial charge in [-0.15, -0.1) is 0 Å². The molecule has 0 spiro atoms. The minimum atomic E-state index is 0.224. The Hall–Kier alpha value is -2.49. The van der Waals surface area contributed by atoms with Gasteiger partial charge in [-0.25, -0.2) is 0 Å². The summed E-state index contributed by atoms with van der Waals surface area (Å²) in [5, 5.41) is 10.4. The number of nitrogens with zero attached hydrogens (tertiary/aromatic N) is 2. The summed E-state index contributed by atoms with van der Waals surface area (Å²) in [6.07, 6.45) is 0. The lowest BCUT2D eigenvalue weighted by Crippen LogP contribution is -2.53. The second kappa shape index (κ2) is 8.26. The Morgan fingerprint density at radius 2 is 1.57 bits per heavy atom. The topological polar surface area (TPSA) is 26.7 Å². The summed E-state index contributed by atoms with van der Waals surface area (Å²) in [5.74, 6) is 0.294. The first-order valence-electron chi connectivity index (χ1n) is 9.69. The third-order valence-corrected chi connectivity index (χ3v) is 5.78. The van der Waals surface area contributed by atoms with Gasteiger partial charge in [-0.3, -0.25) is 4.90 Å². The van der Waals surface area contributed by atoms with Crippen molar-refractivity contribution in [3.8, 4) is 5.75 Å². The van der Waals surface area contributed by atoms with Crippen LogP contribution in [0.5, 0.6) is 5.75 Å². The Balaban J connectivity index is 1.64. The highest BCUT2D eigenvalue weighted by Crippen LogP contribution is 2.34. The maximum atomic E-state index is 9.69. The third kappa shape index (κ3) is 4.16. The molecule has 0 aromatic heterocycles. The highest BCUT2D eigenvalue weighted by Gasteiger charge is 2.32. The minimum Gasteiger partial charge on any atom is -0.508 e. The van der Waals surface area contributed by atoms with E-state index < -0.39 is 0 Å². The molecule has 3 nitrogen and oxygen atoms in total. The fourth-order valence-corrected chi connectivity index (χ4v) is 4.09. The van der Waals surface area contributed by atoms with Gasteiger partial charge < -0.3 is 10.0 Å². The molecule has 1 saturated heterocycles. The lowest BCUT2D eigenvalue weighted by atomic mass is 9.98. The van der Waals surface area contributed by atoms with E-state index in [1.807, 2.05) is 24.3 Å². The van der Waals surface area contributed by atoms with Crippen LogP contribution in [0.15, 0.2) is 78.9 Å². The number of anilines is 1. The van der Waals surface area contributed by atoms with Crippen molar-refractivity contribution in [1.82, 2.24) is 4.90 Å². The van der Waals surface area contributed by atoms with Crippen molar-refractivity contribution in [3.63, 3.8) is 0 Å². The van der Waals surface area contributed by atoms with Crippen molar-refractivity contribution in [2.45, 2.75) is 25.6 Å². The van der Waals surface area contributed by atoms with Gasteiger partial charge in [0.15, 0.2) is 0 Å². The van der Waals surface area contributed by atoms with Gasteiger partial charge >= 0.3 is 0 Å². The molecule has 2 atom stereocenters. The largest absolute Gasteiger partial charge is 0.508 e. The second-order valence-corrected chi connectivity index (χ2v) is 7.94. The molecule has 1 N–H and O–H groups in total. The smallest absolute Gasteiger partial charge is 0.115 e. The van der Waals surface area contributed by atoms with Crippen LogP contribution in [-0.2, 0) is 6.54 Å². The molecule has 4 heteroatoms. The van der Waals surface area contributed by atoms with Gasteiger partial charge in [0.05, 0.1) is 6.04 Å². The quantitative estimate of drug-likeness (QED) is 0.635. The van der Waals surface area contributed by atoms with Crippen LogP contribution in [0.1, 0.15) is 24.1 Å². The average Bonchev–Trinajstić information content (AvgIpc) is 2.71. The minimum absolute atomic E-state index is 0.224. The number of phenolic OH excluding ortho intramolecular Hbond substituents is 1. The van der Waals surface area contributed by atoms with E-state index in [-0.39, 0.29) is 6.04 Å². The van der Waals surface area contributed by atoms with E-state index >= 15 is 0 Å². The van der Waals surface area contributed by atoms with E-state index in [4.69, 9.17) is 11.6 Å². The highest BCUT2D eigenvalue weighted by molar-refractivity contribution is 6.30. The average molecular weight is 393 g/mol. The first kappa shape index (κ1) is 18.9. The molecule has 1 unspecified atom stereocenters. The molecule has 28 heavy (non-hydrogen) atoms. The number of hydrogen-bond donors (Lipinski definition) is 1. The van der Waals surface area contributed by atoms with Crippen LogP contribution < -0.4 is 4.90 Å². The Bertz CT molecular complexity index is 896. The van der Waals surface area contributed by atoms with Crippen molar-refractivity contribution in [1.29, 1.82) is 0 Å². The summed E-state index contributed by atoms with van der Waals surface area (Å²) < 4.78 is 0. The molecule has 1 aliphatic rings. The highest BCUT2D eigenvalue weighted by atomic mass is 35.5. The molecule has 4 rings (SSSR count). The lowest BCUT2D eigenvalue weighted by molar-refractivity contribution is 0.153. The van der Waals surface area contributed by atoms with E-state index in [0.29, 0.717) is 11.8 Å². The van der Waals surface area contributed by atoms with Crippen LogP contribution in [0.4, 0.5) is 5.69 Å². The van der Waals surface area contributed by atoms with E-state index in [1.54, 1.807) is 12.1 Å². The summed E-state index contributed by atoms with van der Waals surface area (Å²) in [5.41, 5.74) is 3.72. The number of phenols is 1. The fraction of sp³-hybridized carbons (Fsp3) is 0.250. The Kier molecular flexibility index (Phi) is 5.56. The van der Waals surface area contributed by atoms with Gasteiger partial charge in [0.25, 0.3) is 0 Å². The van der Waals surface area contributed by atoms with E-state index in [2.05, 4.69) is 59.2 Å². The molecule has 3 aromatic carbocycles. The van der Waals surface area contributed by atoms with Crippen molar-refractivity contribution in [2.24, 2.45) is 0 Å². The lowest BCUT2D eigenvalue weighted by Gasteiger charge is -2.47. The number of piperazine rings is 1. The molecule has 0 bridgehead atoms. The van der Waals surface area contributed by atoms with Crippen LogP contribution in [0.3, 0.4) is 0 Å².